The summed E-state index contributed by atoms with van der Waals surface area (Å²) in [5.41, 5.74) is 2.91. The van der Waals surface area contributed by atoms with Crippen molar-refractivity contribution in [1.82, 2.24) is 10.4 Å². The van der Waals surface area contributed by atoms with E-state index in [0.717, 1.165) is 18.4 Å². The number of carbonyl (C=O) groups is 2. The van der Waals surface area contributed by atoms with Gasteiger partial charge in [-0.05, 0) is 53.0 Å². The molecule has 1 heterocycles. The summed E-state index contributed by atoms with van der Waals surface area (Å²) in [6, 6.07) is 9.55. The maximum absolute atomic E-state index is 13.4. The number of unbranched alkanes of at least 4 members (excludes halogenated alkanes) is 1. The molecule has 2 amide bonds. The highest BCUT2D eigenvalue weighted by Gasteiger charge is 2.51. The standard InChI is InChI=1S/C23H36N2O4/c1-7-8-14-18(16-24-29-22(2,3)4)20(26)25-19(23(5,6)28-21(25)27)15-17-12-10-9-11-13-17/h9-13,18-19,24H,7-8,14-16H2,1-6H3/t18-,19+/m1/s1. The fraction of sp³-hybridized carbons (Fsp3) is 0.652. The van der Waals surface area contributed by atoms with Crippen molar-refractivity contribution in [2.45, 2.75) is 84.5 Å². The summed E-state index contributed by atoms with van der Waals surface area (Å²) in [6.45, 7) is 12.0. The molecule has 6 heteroatoms. The van der Waals surface area contributed by atoms with Crippen LogP contribution >= 0.6 is 0 Å². The smallest absolute Gasteiger partial charge is 0.417 e. The molecule has 29 heavy (non-hydrogen) atoms. The van der Waals surface area contributed by atoms with Crippen LogP contribution in [0.5, 0.6) is 0 Å². The number of hydrogen-bond donors (Lipinski definition) is 1. The minimum atomic E-state index is -0.743. The predicted molar refractivity (Wildman–Crippen MR) is 113 cm³/mol. The third-order valence-corrected chi connectivity index (χ3v) is 5.13. The second kappa shape index (κ2) is 9.72. The topological polar surface area (TPSA) is 67.9 Å². The summed E-state index contributed by atoms with van der Waals surface area (Å²) in [5.74, 6) is -0.544. The molecule has 1 aromatic carbocycles. The number of carbonyl (C=O) groups excluding carboxylic acids is 2. The lowest BCUT2D eigenvalue weighted by molar-refractivity contribution is -0.137. The van der Waals surface area contributed by atoms with Gasteiger partial charge in [0.15, 0.2) is 0 Å². The van der Waals surface area contributed by atoms with Crippen LogP contribution in [0, 0.1) is 5.92 Å². The number of amides is 2. The highest BCUT2D eigenvalue weighted by Crippen LogP contribution is 2.33. The predicted octanol–water partition coefficient (Wildman–Crippen LogP) is 4.48. The first-order chi connectivity index (χ1) is 13.5. The first kappa shape index (κ1) is 23.4. The maximum atomic E-state index is 13.4. The second-order valence-corrected chi connectivity index (χ2v) is 9.29. The third-order valence-electron chi connectivity index (χ3n) is 5.13. The Morgan fingerprint density at radius 2 is 1.93 bits per heavy atom. The normalized spacial score (nSPS) is 19.9. The SMILES string of the molecule is CCCC[C@H](CNOC(C)(C)C)C(=O)N1C(=O)OC(C)(C)[C@@H]1Cc1ccccc1. The largest absolute Gasteiger partial charge is 0.441 e. The first-order valence-electron chi connectivity index (χ1n) is 10.6. The Kier molecular flexibility index (Phi) is 7.83. The molecule has 1 fully saturated rings. The molecule has 0 aliphatic carbocycles. The lowest BCUT2D eigenvalue weighted by atomic mass is 9.90. The number of imide groups is 1. The molecule has 1 aromatic rings. The number of rotatable bonds is 9. The third kappa shape index (κ3) is 6.54. The van der Waals surface area contributed by atoms with Crippen LogP contribution in [0.15, 0.2) is 30.3 Å². The number of hydrogen-bond acceptors (Lipinski definition) is 5. The van der Waals surface area contributed by atoms with Gasteiger partial charge in [0.1, 0.15) is 5.60 Å². The van der Waals surface area contributed by atoms with Crippen molar-refractivity contribution in [3.63, 3.8) is 0 Å². The van der Waals surface area contributed by atoms with Crippen molar-refractivity contribution < 1.29 is 19.2 Å². The van der Waals surface area contributed by atoms with Crippen LogP contribution in [0.4, 0.5) is 4.79 Å². The zero-order valence-corrected chi connectivity index (χ0v) is 18.7. The summed E-state index contributed by atoms with van der Waals surface area (Å²) in [4.78, 5) is 33.1. The van der Waals surface area contributed by atoms with Crippen molar-refractivity contribution in [3.8, 4) is 0 Å². The van der Waals surface area contributed by atoms with Gasteiger partial charge in [0.05, 0.1) is 17.6 Å². The van der Waals surface area contributed by atoms with E-state index < -0.39 is 11.7 Å². The van der Waals surface area contributed by atoms with Gasteiger partial charge in [-0.25, -0.2) is 15.2 Å². The molecule has 1 aliphatic heterocycles. The molecule has 1 saturated heterocycles. The van der Waals surface area contributed by atoms with E-state index in [4.69, 9.17) is 9.57 Å². The molecule has 0 bridgehead atoms. The van der Waals surface area contributed by atoms with Gasteiger partial charge in [-0.1, -0.05) is 50.1 Å². The van der Waals surface area contributed by atoms with E-state index in [9.17, 15) is 9.59 Å². The first-order valence-corrected chi connectivity index (χ1v) is 10.6. The van der Waals surface area contributed by atoms with E-state index in [2.05, 4.69) is 12.4 Å². The Hall–Kier alpha value is -1.92. The second-order valence-electron chi connectivity index (χ2n) is 9.29. The fourth-order valence-corrected chi connectivity index (χ4v) is 3.52. The maximum Gasteiger partial charge on any atom is 0.417 e. The van der Waals surface area contributed by atoms with Gasteiger partial charge in [0, 0.05) is 6.54 Å². The zero-order valence-electron chi connectivity index (χ0n) is 18.7. The summed E-state index contributed by atoms with van der Waals surface area (Å²) >= 11 is 0. The van der Waals surface area contributed by atoms with Crippen molar-refractivity contribution in [3.05, 3.63) is 35.9 Å². The Balaban J connectivity index is 2.19. The molecule has 2 atom stereocenters. The Morgan fingerprint density at radius 1 is 1.28 bits per heavy atom. The average molecular weight is 405 g/mol. The molecule has 0 radical (unpaired) electrons. The minimum absolute atomic E-state index is 0.194. The van der Waals surface area contributed by atoms with Crippen LogP contribution in [-0.2, 0) is 20.8 Å². The Morgan fingerprint density at radius 3 is 2.52 bits per heavy atom. The van der Waals surface area contributed by atoms with Crippen molar-refractivity contribution in [2.75, 3.05) is 6.54 Å². The molecule has 2 rings (SSSR count). The molecule has 162 valence electrons. The van der Waals surface area contributed by atoms with Crippen molar-refractivity contribution >= 4 is 12.0 Å². The van der Waals surface area contributed by atoms with Gasteiger partial charge in [0.25, 0.3) is 0 Å². The molecule has 0 unspecified atom stereocenters. The van der Waals surface area contributed by atoms with Gasteiger partial charge < -0.3 is 4.74 Å². The van der Waals surface area contributed by atoms with Crippen LogP contribution in [0.25, 0.3) is 0 Å². The number of hydroxylamine groups is 1. The van der Waals surface area contributed by atoms with Gasteiger partial charge in [0.2, 0.25) is 5.91 Å². The van der Waals surface area contributed by atoms with E-state index in [0.29, 0.717) is 19.4 Å². The highest BCUT2D eigenvalue weighted by atomic mass is 16.7. The van der Waals surface area contributed by atoms with Gasteiger partial charge >= 0.3 is 6.09 Å². The number of nitrogens with zero attached hydrogens (tertiary/aromatic N) is 1. The highest BCUT2D eigenvalue weighted by molar-refractivity contribution is 5.95. The lowest BCUT2D eigenvalue weighted by Crippen LogP contribution is -2.50. The number of ether oxygens (including phenoxy) is 1. The summed E-state index contributed by atoms with van der Waals surface area (Å²) in [6.07, 6.45) is 2.59. The van der Waals surface area contributed by atoms with Gasteiger partial charge in [-0.3, -0.25) is 9.63 Å². The molecular formula is C23H36N2O4. The van der Waals surface area contributed by atoms with Crippen molar-refractivity contribution in [2.24, 2.45) is 5.92 Å². The zero-order chi connectivity index (χ0) is 21.7. The average Bonchev–Trinajstić information content (AvgIpc) is 2.85. The Bertz CT molecular complexity index is 682. The summed E-state index contributed by atoms with van der Waals surface area (Å²) < 4.78 is 5.60. The van der Waals surface area contributed by atoms with Crippen LogP contribution in [0.3, 0.4) is 0 Å². The van der Waals surface area contributed by atoms with Crippen LogP contribution < -0.4 is 5.48 Å². The molecule has 6 nitrogen and oxygen atoms in total. The summed E-state index contributed by atoms with van der Waals surface area (Å²) in [5, 5.41) is 0. The van der Waals surface area contributed by atoms with Gasteiger partial charge in [-0.2, -0.15) is 0 Å². The molecule has 1 N–H and O–H groups in total. The number of cyclic esters (lactones) is 1. The lowest BCUT2D eigenvalue weighted by Gasteiger charge is -2.30. The van der Waals surface area contributed by atoms with E-state index in [-0.39, 0.29) is 23.5 Å². The van der Waals surface area contributed by atoms with Crippen LogP contribution in [0.1, 0.15) is 66.4 Å². The van der Waals surface area contributed by atoms with E-state index >= 15 is 0 Å². The summed E-state index contributed by atoms with van der Waals surface area (Å²) in [7, 11) is 0. The number of benzene rings is 1. The quantitative estimate of drug-likeness (QED) is 0.615. The van der Waals surface area contributed by atoms with Crippen LogP contribution in [0.2, 0.25) is 0 Å². The van der Waals surface area contributed by atoms with Crippen LogP contribution in [-0.4, -0.2) is 40.7 Å². The molecule has 0 aromatic heterocycles. The Labute approximate surface area is 174 Å². The fourth-order valence-electron chi connectivity index (χ4n) is 3.52. The molecular weight excluding hydrogens is 368 g/mol. The monoisotopic (exact) mass is 404 g/mol. The molecule has 0 spiro atoms. The van der Waals surface area contributed by atoms with E-state index in [1.165, 1.54) is 4.90 Å². The van der Waals surface area contributed by atoms with E-state index in [1.54, 1.807) is 0 Å². The molecule has 1 aliphatic rings. The number of nitrogens with one attached hydrogen (secondary N) is 1. The van der Waals surface area contributed by atoms with E-state index in [1.807, 2.05) is 65.0 Å². The molecule has 0 saturated carbocycles. The van der Waals surface area contributed by atoms with Gasteiger partial charge in [-0.15, -0.1) is 0 Å². The van der Waals surface area contributed by atoms with Crippen molar-refractivity contribution in [1.29, 1.82) is 0 Å². The minimum Gasteiger partial charge on any atom is -0.441 e.